The molecule has 0 bridgehead atoms. The lowest BCUT2D eigenvalue weighted by Gasteiger charge is -2.21. The van der Waals surface area contributed by atoms with Crippen LogP contribution in [0.4, 0.5) is 0 Å². The predicted octanol–water partition coefficient (Wildman–Crippen LogP) is 5.05. The number of aromatic nitrogens is 2. The second-order valence-electron chi connectivity index (χ2n) is 7.41. The molecule has 1 amide bonds. The fourth-order valence-corrected chi connectivity index (χ4v) is 4.45. The molecular formula is C24H20N4O3S. The fourth-order valence-electron chi connectivity index (χ4n) is 3.82. The zero-order valence-electron chi connectivity index (χ0n) is 17.3. The monoisotopic (exact) mass is 444 g/mol. The Morgan fingerprint density at radius 1 is 1.09 bits per heavy atom. The Hall–Kier alpha value is -3.78. The smallest absolute Gasteiger partial charge is 0.258 e. The van der Waals surface area contributed by atoms with Gasteiger partial charge in [0, 0.05) is 17.4 Å². The van der Waals surface area contributed by atoms with Gasteiger partial charge >= 0.3 is 0 Å². The highest BCUT2D eigenvalue weighted by Crippen LogP contribution is 2.32. The van der Waals surface area contributed by atoms with Crippen molar-refractivity contribution in [1.82, 2.24) is 15.0 Å². The molecule has 7 nitrogen and oxygen atoms in total. The number of nitrogens with zero attached hydrogens (tertiary/aromatic N) is 4. The molecule has 0 unspecified atom stereocenters. The van der Waals surface area contributed by atoms with E-state index in [0.717, 1.165) is 22.4 Å². The number of rotatable bonds is 5. The third-order valence-electron chi connectivity index (χ3n) is 5.39. The summed E-state index contributed by atoms with van der Waals surface area (Å²) in [7, 11) is 1.50. The average molecular weight is 445 g/mol. The van der Waals surface area contributed by atoms with Gasteiger partial charge in [-0.3, -0.25) is 4.79 Å². The molecule has 1 fully saturated rings. The molecule has 0 aliphatic carbocycles. The standard InChI is InChI=1S/C24H20N4O3S/c1-30-26-20-13-21(22-25-23(31-27-22)19-11-12-32-15-19)28(14-20)24(29)18-9-7-17(8-10-18)16-5-3-2-4-6-16/h2-12,15,21H,13-14H2,1H3/t21-/m0/s1. The van der Waals surface area contributed by atoms with Gasteiger partial charge in [-0.1, -0.05) is 52.8 Å². The molecule has 1 aliphatic rings. The number of carbonyl (C=O) groups is 1. The third-order valence-corrected chi connectivity index (χ3v) is 6.07. The Balaban J connectivity index is 1.42. The summed E-state index contributed by atoms with van der Waals surface area (Å²) in [4.78, 5) is 24.6. The predicted molar refractivity (Wildman–Crippen MR) is 122 cm³/mol. The molecule has 32 heavy (non-hydrogen) atoms. The van der Waals surface area contributed by atoms with Crippen LogP contribution in [0.2, 0.25) is 0 Å². The molecule has 1 atom stereocenters. The first kappa shape index (κ1) is 20.1. The van der Waals surface area contributed by atoms with Gasteiger partial charge in [-0.05, 0) is 34.7 Å². The molecule has 8 heteroatoms. The number of carbonyl (C=O) groups excluding carboxylic acids is 1. The van der Waals surface area contributed by atoms with E-state index in [0.29, 0.717) is 30.2 Å². The van der Waals surface area contributed by atoms with Crippen LogP contribution in [0.3, 0.4) is 0 Å². The van der Waals surface area contributed by atoms with Crippen molar-refractivity contribution in [3.63, 3.8) is 0 Å². The molecule has 160 valence electrons. The van der Waals surface area contributed by atoms with Gasteiger partial charge in [0.05, 0.1) is 17.8 Å². The lowest BCUT2D eigenvalue weighted by atomic mass is 10.0. The SMILES string of the molecule is CON=C1C[C@@H](c2noc(-c3ccsc3)n2)N(C(=O)c2ccc(-c3ccccc3)cc2)C1. The van der Waals surface area contributed by atoms with E-state index >= 15 is 0 Å². The molecule has 0 spiro atoms. The molecule has 1 saturated heterocycles. The highest BCUT2D eigenvalue weighted by atomic mass is 32.1. The number of oxime groups is 1. The Morgan fingerprint density at radius 2 is 1.88 bits per heavy atom. The minimum atomic E-state index is -0.374. The molecule has 0 N–H and O–H groups in total. The summed E-state index contributed by atoms with van der Waals surface area (Å²) in [5, 5.41) is 12.1. The van der Waals surface area contributed by atoms with Gasteiger partial charge in [-0.25, -0.2) is 0 Å². The summed E-state index contributed by atoms with van der Waals surface area (Å²) in [6, 6.07) is 19.2. The number of hydrogen-bond donors (Lipinski definition) is 0. The molecule has 1 aliphatic heterocycles. The maximum Gasteiger partial charge on any atom is 0.258 e. The van der Waals surface area contributed by atoms with Gasteiger partial charge in [0.15, 0.2) is 5.82 Å². The summed E-state index contributed by atoms with van der Waals surface area (Å²) >= 11 is 1.56. The number of amides is 1. The van der Waals surface area contributed by atoms with Crippen LogP contribution in [0.15, 0.2) is 81.1 Å². The van der Waals surface area contributed by atoms with Crippen LogP contribution in [-0.2, 0) is 4.84 Å². The van der Waals surface area contributed by atoms with Crippen LogP contribution in [0.5, 0.6) is 0 Å². The molecule has 2 aromatic carbocycles. The van der Waals surface area contributed by atoms with E-state index in [4.69, 9.17) is 9.36 Å². The second kappa shape index (κ2) is 8.76. The van der Waals surface area contributed by atoms with E-state index in [1.165, 1.54) is 7.11 Å². The Kier molecular flexibility index (Phi) is 5.51. The van der Waals surface area contributed by atoms with Gasteiger partial charge in [0.2, 0.25) is 0 Å². The second-order valence-corrected chi connectivity index (χ2v) is 8.19. The minimum Gasteiger partial charge on any atom is -0.399 e. The number of hydrogen-bond acceptors (Lipinski definition) is 7. The van der Waals surface area contributed by atoms with Gasteiger partial charge in [0.1, 0.15) is 13.2 Å². The van der Waals surface area contributed by atoms with E-state index < -0.39 is 0 Å². The first-order valence-electron chi connectivity index (χ1n) is 10.1. The zero-order valence-corrected chi connectivity index (χ0v) is 18.2. The van der Waals surface area contributed by atoms with Crippen molar-refractivity contribution in [2.24, 2.45) is 5.16 Å². The van der Waals surface area contributed by atoms with E-state index in [9.17, 15) is 4.79 Å². The molecule has 3 heterocycles. The largest absolute Gasteiger partial charge is 0.399 e. The van der Waals surface area contributed by atoms with Crippen LogP contribution in [0, 0.1) is 0 Å². The first-order chi connectivity index (χ1) is 15.7. The van der Waals surface area contributed by atoms with Gasteiger partial charge in [-0.15, -0.1) is 0 Å². The van der Waals surface area contributed by atoms with Crippen molar-refractivity contribution in [3.05, 3.63) is 82.8 Å². The number of likely N-dealkylation sites (tertiary alicyclic amines) is 1. The summed E-state index contributed by atoms with van der Waals surface area (Å²) in [5.41, 5.74) is 4.38. The Morgan fingerprint density at radius 3 is 2.59 bits per heavy atom. The van der Waals surface area contributed by atoms with Crippen molar-refractivity contribution in [2.45, 2.75) is 12.5 Å². The van der Waals surface area contributed by atoms with Crippen LogP contribution >= 0.6 is 11.3 Å². The lowest BCUT2D eigenvalue weighted by molar-refractivity contribution is 0.0732. The Bertz CT molecular complexity index is 1230. The third kappa shape index (κ3) is 3.92. The number of benzene rings is 2. The van der Waals surface area contributed by atoms with Crippen molar-refractivity contribution >= 4 is 23.0 Å². The normalized spacial score (nSPS) is 17.1. The first-order valence-corrected chi connectivity index (χ1v) is 11.1. The number of thiophene rings is 1. The lowest BCUT2D eigenvalue weighted by Crippen LogP contribution is -2.31. The topological polar surface area (TPSA) is 80.8 Å². The van der Waals surface area contributed by atoms with E-state index in [2.05, 4.69) is 15.3 Å². The van der Waals surface area contributed by atoms with Crippen molar-refractivity contribution in [3.8, 4) is 22.6 Å². The molecule has 0 radical (unpaired) electrons. The molecule has 5 rings (SSSR count). The summed E-state index contributed by atoms with van der Waals surface area (Å²) < 4.78 is 5.45. The van der Waals surface area contributed by atoms with Crippen LogP contribution in [0.1, 0.15) is 28.6 Å². The maximum absolute atomic E-state index is 13.4. The zero-order chi connectivity index (χ0) is 21.9. The fraction of sp³-hybridized carbons (Fsp3) is 0.167. The van der Waals surface area contributed by atoms with Gasteiger partial charge in [0.25, 0.3) is 11.8 Å². The van der Waals surface area contributed by atoms with Crippen LogP contribution in [0.25, 0.3) is 22.6 Å². The van der Waals surface area contributed by atoms with Crippen molar-refractivity contribution in [2.75, 3.05) is 13.7 Å². The highest BCUT2D eigenvalue weighted by molar-refractivity contribution is 7.08. The van der Waals surface area contributed by atoms with Crippen molar-refractivity contribution in [1.29, 1.82) is 0 Å². The summed E-state index contributed by atoms with van der Waals surface area (Å²) in [6.07, 6.45) is 0.490. The highest BCUT2D eigenvalue weighted by Gasteiger charge is 2.38. The molecule has 2 aromatic heterocycles. The van der Waals surface area contributed by atoms with Crippen LogP contribution in [-0.4, -0.2) is 40.3 Å². The van der Waals surface area contributed by atoms with E-state index in [1.807, 2.05) is 71.4 Å². The quantitative estimate of drug-likeness (QED) is 0.402. The van der Waals surface area contributed by atoms with Gasteiger partial charge < -0.3 is 14.3 Å². The van der Waals surface area contributed by atoms with E-state index in [-0.39, 0.29) is 11.9 Å². The maximum atomic E-state index is 13.4. The van der Waals surface area contributed by atoms with Gasteiger partial charge in [-0.2, -0.15) is 16.3 Å². The molecule has 4 aromatic rings. The molecular weight excluding hydrogens is 424 g/mol. The summed E-state index contributed by atoms with van der Waals surface area (Å²) in [6.45, 7) is 0.347. The minimum absolute atomic E-state index is 0.113. The molecule has 0 saturated carbocycles. The summed E-state index contributed by atoms with van der Waals surface area (Å²) in [5.74, 6) is 0.789. The van der Waals surface area contributed by atoms with Crippen LogP contribution < -0.4 is 0 Å². The average Bonchev–Trinajstić information content (AvgIpc) is 3.60. The van der Waals surface area contributed by atoms with E-state index in [1.54, 1.807) is 16.2 Å². The van der Waals surface area contributed by atoms with Crippen molar-refractivity contribution < 1.29 is 14.2 Å². The Labute approximate surface area is 188 Å².